The maximum absolute atomic E-state index is 12.4. The van der Waals surface area contributed by atoms with Crippen molar-refractivity contribution in [3.63, 3.8) is 0 Å². The molecule has 4 nitrogen and oxygen atoms in total. The molecular formula is C18H28N2O2S. The van der Waals surface area contributed by atoms with E-state index in [4.69, 9.17) is 0 Å². The molecule has 0 aromatic carbocycles. The number of amides is 2. The fourth-order valence-electron chi connectivity index (χ4n) is 3.04. The molecule has 0 fully saturated rings. The Bertz CT molecular complexity index is 586. The third-order valence-electron chi connectivity index (χ3n) is 4.62. The summed E-state index contributed by atoms with van der Waals surface area (Å²) in [4.78, 5) is 26.2. The molecule has 0 saturated carbocycles. The number of nitrogens with one attached hydrogen (secondary N) is 2. The molecule has 5 heteroatoms. The van der Waals surface area contributed by atoms with Gasteiger partial charge in [-0.3, -0.25) is 9.59 Å². The van der Waals surface area contributed by atoms with Crippen LogP contribution in [0, 0.1) is 11.3 Å². The molecule has 0 bridgehead atoms. The van der Waals surface area contributed by atoms with Gasteiger partial charge in [0, 0.05) is 11.4 Å². The molecular weight excluding hydrogens is 308 g/mol. The normalized spacial score (nSPS) is 18.9. The van der Waals surface area contributed by atoms with Crippen LogP contribution in [0.1, 0.15) is 61.2 Å². The molecule has 0 saturated heterocycles. The summed E-state index contributed by atoms with van der Waals surface area (Å²) in [5.74, 6) is 0.375. The average Bonchev–Trinajstić information content (AvgIpc) is 2.89. The van der Waals surface area contributed by atoms with Gasteiger partial charge in [0.2, 0.25) is 5.91 Å². The second kappa shape index (κ2) is 7.04. The Morgan fingerprint density at radius 1 is 1.39 bits per heavy atom. The molecule has 1 aromatic heterocycles. The number of fused-ring (bicyclic) bond motifs is 1. The fraction of sp³-hybridized carbons (Fsp3) is 0.667. The van der Waals surface area contributed by atoms with Crippen LogP contribution in [0.25, 0.3) is 0 Å². The lowest BCUT2D eigenvalue weighted by Crippen LogP contribution is -2.44. The molecule has 2 atom stereocenters. The van der Waals surface area contributed by atoms with Gasteiger partial charge in [-0.1, -0.05) is 20.8 Å². The second-order valence-electron chi connectivity index (χ2n) is 7.45. The number of aryl methyl sites for hydroxylation is 1. The third kappa shape index (κ3) is 4.34. The summed E-state index contributed by atoms with van der Waals surface area (Å²) in [7, 11) is 0. The first-order chi connectivity index (χ1) is 10.7. The molecule has 1 aliphatic rings. The highest BCUT2D eigenvalue weighted by molar-refractivity contribution is 7.14. The van der Waals surface area contributed by atoms with Gasteiger partial charge >= 0.3 is 0 Å². The van der Waals surface area contributed by atoms with Gasteiger partial charge in [-0.05, 0) is 56.1 Å². The largest absolute Gasteiger partial charge is 0.355 e. The molecule has 0 unspecified atom stereocenters. The lowest BCUT2D eigenvalue weighted by atomic mass is 9.72. The Kier molecular flexibility index (Phi) is 5.50. The van der Waals surface area contributed by atoms with Crippen LogP contribution in [0.3, 0.4) is 0 Å². The van der Waals surface area contributed by atoms with Gasteiger partial charge in [0.25, 0.3) is 5.91 Å². The average molecular weight is 337 g/mol. The Morgan fingerprint density at radius 3 is 2.70 bits per heavy atom. The minimum absolute atomic E-state index is 0.143. The minimum Gasteiger partial charge on any atom is -0.355 e. The van der Waals surface area contributed by atoms with Crippen molar-refractivity contribution in [1.82, 2.24) is 10.6 Å². The molecule has 1 heterocycles. The van der Waals surface area contributed by atoms with Crippen molar-refractivity contribution in [2.24, 2.45) is 11.3 Å². The Morgan fingerprint density at radius 2 is 2.09 bits per heavy atom. The smallest absolute Gasteiger partial charge is 0.262 e. The summed E-state index contributed by atoms with van der Waals surface area (Å²) in [5.41, 5.74) is 1.62. The van der Waals surface area contributed by atoms with Crippen molar-refractivity contribution >= 4 is 23.2 Å². The van der Waals surface area contributed by atoms with Crippen LogP contribution in [-0.2, 0) is 17.6 Å². The lowest BCUT2D eigenvalue weighted by molar-refractivity contribution is -0.122. The first-order valence-electron chi connectivity index (χ1n) is 8.42. The lowest BCUT2D eigenvalue weighted by Gasteiger charge is -2.33. The van der Waals surface area contributed by atoms with E-state index < -0.39 is 6.04 Å². The molecule has 0 aliphatic heterocycles. The summed E-state index contributed by atoms with van der Waals surface area (Å²) < 4.78 is 0. The van der Waals surface area contributed by atoms with E-state index in [-0.39, 0.29) is 11.8 Å². The van der Waals surface area contributed by atoms with E-state index in [1.54, 1.807) is 18.3 Å². The van der Waals surface area contributed by atoms with Crippen LogP contribution in [-0.4, -0.2) is 24.4 Å². The molecule has 23 heavy (non-hydrogen) atoms. The van der Waals surface area contributed by atoms with Gasteiger partial charge in [0.1, 0.15) is 6.04 Å². The Hall–Kier alpha value is -1.36. The quantitative estimate of drug-likeness (QED) is 0.887. The van der Waals surface area contributed by atoms with Crippen molar-refractivity contribution in [2.75, 3.05) is 6.54 Å². The summed E-state index contributed by atoms with van der Waals surface area (Å²) >= 11 is 1.58. The number of rotatable bonds is 4. The van der Waals surface area contributed by atoms with Gasteiger partial charge in [0.15, 0.2) is 0 Å². The van der Waals surface area contributed by atoms with Crippen LogP contribution in [0.15, 0.2) is 6.07 Å². The van der Waals surface area contributed by atoms with Crippen LogP contribution in [0.5, 0.6) is 0 Å². The van der Waals surface area contributed by atoms with Gasteiger partial charge < -0.3 is 10.6 Å². The Balaban J connectivity index is 2.05. The zero-order valence-electron chi connectivity index (χ0n) is 14.8. The van der Waals surface area contributed by atoms with E-state index in [0.29, 0.717) is 17.9 Å². The van der Waals surface area contributed by atoms with Crippen molar-refractivity contribution < 1.29 is 9.59 Å². The highest BCUT2D eigenvalue weighted by Crippen LogP contribution is 2.40. The highest BCUT2D eigenvalue weighted by Gasteiger charge is 2.30. The van der Waals surface area contributed by atoms with E-state index in [1.807, 2.05) is 13.0 Å². The molecule has 1 aromatic rings. The van der Waals surface area contributed by atoms with Crippen molar-refractivity contribution in [3.8, 4) is 0 Å². The van der Waals surface area contributed by atoms with Crippen LogP contribution < -0.4 is 10.6 Å². The topological polar surface area (TPSA) is 58.2 Å². The van der Waals surface area contributed by atoms with E-state index in [2.05, 4.69) is 31.4 Å². The summed E-state index contributed by atoms with van der Waals surface area (Å²) in [6, 6.07) is 1.52. The highest BCUT2D eigenvalue weighted by atomic mass is 32.1. The van der Waals surface area contributed by atoms with Crippen LogP contribution in [0.4, 0.5) is 0 Å². The fourth-order valence-corrected chi connectivity index (χ4v) is 4.15. The Labute approximate surface area is 143 Å². The van der Waals surface area contributed by atoms with Gasteiger partial charge in [-0.15, -0.1) is 11.3 Å². The number of hydrogen-bond donors (Lipinski definition) is 2. The minimum atomic E-state index is -0.510. The molecule has 1 aliphatic carbocycles. The van der Waals surface area contributed by atoms with E-state index in [1.165, 1.54) is 16.9 Å². The van der Waals surface area contributed by atoms with Crippen molar-refractivity contribution in [2.45, 2.75) is 59.9 Å². The number of carbonyl (C=O) groups excluding carboxylic acids is 2. The first-order valence-corrected chi connectivity index (χ1v) is 9.24. The van der Waals surface area contributed by atoms with Crippen LogP contribution in [0.2, 0.25) is 0 Å². The zero-order valence-corrected chi connectivity index (χ0v) is 15.6. The van der Waals surface area contributed by atoms with Gasteiger partial charge in [0.05, 0.1) is 4.88 Å². The molecule has 0 spiro atoms. The molecule has 128 valence electrons. The summed E-state index contributed by atoms with van der Waals surface area (Å²) in [6.45, 7) is 11.0. The predicted octanol–water partition coefficient (Wildman–Crippen LogP) is 3.15. The van der Waals surface area contributed by atoms with Gasteiger partial charge in [-0.25, -0.2) is 0 Å². The maximum atomic E-state index is 12.4. The number of likely N-dealkylation sites (N-methyl/N-ethyl adjacent to an activating group) is 1. The molecule has 2 amide bonds. The standard InChI is InChI=1S/C18H28N2O2S/c1-6-19-16(21)11(2)20-17(22)15-10-12-9-13(18(3,4)5)7-8-14(12)23-15/h10-11,13H,6-9H2,1-5H3,(H,19,21)(H,20,22)/t11-,13-/m1/s1. The number of carbonyl (C=O) groups is 2. The molecule has 2 rings (SSSR count). The number of thiophene rings is 1. The predicted molar refractivity (Wildman–Crippen MR) is 94.9 cm³/mol. The molecule has 0 radical (unpaired) electrons. The zero-order chi connectivity index (χ0) is 17.2. The molecule has 2 N–H and O–H groups in total. The van der Waals surface area contributed by atoms with Crippen LogP contribution >= 0.6 is 11.3 Å². The second-order valence-corrected chi connectivity index (χ2v) is 8.59. The first kappa shape index (κ1) is 18.0. The van der Waals surface area contributed by atoms with Gasteiger partial charge in [-0.2, -0.15) is 0 Å². The summed E-state index contributed by atoms with van der Waals surface area (Å²) in [5, 5.41) is 5.51. The van der Waals surface area contributed by atoms with E-state index >= 15 is 0 Å². The van der Waals surface area contributed by atoms with Crippen molar-refractivity contribution in [1.29, 1.82) is 0 Å². The third-order valence-corrected chi connectivity index (χ3v) is 5.86. The van der Waals surface area contributed by atoms with E-state index in [9.17, 15) is 9.59 Å². The maximum Gasteiger partial charge on any atom is 0.262 e. The van der Waals surface area contributed by atoms with Crippen molar-refractivity contribution in [3.05, 3.63) is 21.4 Å². The monoisotopic (exact) mass is 336 g/mol. The number of hydrogen-bond acceptors (Lipinski definition) is 3. The van der Waals surface area contributed by atoms with E-state index in [0.717, 1.165) is 17.7 Å². The SMILES string of the molecule is CCNC(=O)[C@@H](C)NC(=O)c1cc2c(s1)CC[C@@H](C(C)(C)C)C2. The summed E-state index contributed by atoms with van der Waals surface area (Å²) in [6.07, 6.45) is 3.29.